The molecule has 0 aliphatic heterocycles. The third kappa shape index (κ3) is 6.63. The first-order valence-electron chi connectivity index (χ1n) is 4.24. The minimum atomic E-state index is 0. The SMILES string of the molecule is [CH2-]c1cccc(CCCC)c1.[I-].[Mg+2]. The number of hydrogen-bond acceptors (Lipinski definition) is 0. The fourth-order valence-electron chi connectivity index (χ4n) is 1.17. The molecule has 0 saturated heterocycles. The summed E-state index contributed by atoms with van der Waals surface area (Å²) in [4.78, 5) is 0. The van der Waals surface area contributed by atoms with Gasteiger partial charge in [0.2, 0.25) is 0 Å². The molecule has 0 aliphatic carbocycles. The zero-order valence-corrected chi connectivity index (χ0v) is 11.8. The van der Waals surface area contributed by atoms with Crippen LogP contribution in [0, 0.1) is 6.92 Å². The summed E-state index contributed by atoms with van der Waals surface area (Å²) in [5.74, 6) is 0. The van der Waals surface area contributed by atoms with E-state index in [9.17, 15) is 0 Å². The molecule has 0 saturated carbocycles. The summed E-state index contributed by atoms with van der Waals surface area (Å²) >= 11 is 0. The first kappa shape index (κ1) is 16.0. The van der Waals surface area contributed by atoms with Crippen LogP contribution < -0.4 is 24.0 Å². The number of aryl methyl sites for hydroxylation is 1. The van der Waals surface area contributed by atoms with Gasteiger partial charge in [0, 0.05) is 0 Å². The predicted octanol–water partition coefficient (Wildman–Crippen LogP) is -0.165. The molecular weight excluding hydrogens is 283 g/mol. The quantitative estimate of drug-likeness (QED) is 0.413. The Morgan fingerprint density at radius 3 is 2.54 bits per heavy atom. The van der Waals surface area contributed by atoms with Crippen LogP contribution in [-0.4, -0.2) is 23.1 Å². The molecule has 0 heterocycles. The molecule has 0 bridgehead atoms. The molecule has 68 valence electrons. The van der Waals surface area contributed by atoms with Crippen LogP contribution in [0.25, 0.3) is 0 Å². The summed E-state index contributed by atoms with van der Waals surface area (Å²) in [6.45, 7) is 6.11. The number of halogens is 1. The zero-order chi connectivity index (χ0) is 8.10. The van der Waals surface area contributed by atoms with Gasteiger partial charge in [-0.15, -0.1) is 11.6 Å². The van der Waals surface area contributed by atoms with E-state index in [1.807, 2.05) is 6.07 Å². The van der Waals surface area contributed by atoms with Crippen molar-refractivity contribution in [2.75, 3.05) is 0 Å². The van der Waals surface area contributed by atoms with Crippen LogP contribution in [0.15, 0.2) is 24.3 Å². The molecule has 0 amide bonds. The van der Waals surface area contributed by atoms with Crippen molar-refractivity contribution in [3.63, 3.8) is 0 Å². The average Bonchev–Trinajstić information content (AvgIpc) is 2.01. The molecule has 0 atom stereocenters. The van der Waals surface area contributed by atoms with Gasteiger partial charge in [-0.05, 0) is 6.42 Å². The van der Waals surface area contributed by atoms with E-state index in [-0.39, 0.29) is 47.0 Å². The van der Waals surface area contributed by atoms with E-state index < -0.39 is 0 Å². The Balaban J connectivity index is 0. The van der Waals surface area contributed by atoms with E-state index in [2.05, 4.69) is 32.0 Å². The predicted molar refractivity (Wildman–Crippen MR) is 55.3 cm³/mol. The van der Waals surface area contributed by atoms with E-state index in [0.717, 1.165) is 5.56 Å². The third-order valence-corrected chi connectivity index (χ3v) is 1.81. The Labute approximate surface area is 115 Å². The molecule has 1 aromatic carbocycles. The second-order valence-corrected chi connectivity index (χ2v) is 2.92. The Kier molecular flexibility index (Phi) is 11.3. The Morgan fingerprint density at radius 1 is 1.31 bits per heavy atom. The van der Waals surface area contributed by atoms with Gasteiger partial charge in [-0.25, -0.2) is 0 Å². The van der Waals surface area contributed by atoms with Crippen molar-refractivity contribution in [1.82, 2.24) is 0 Å². The first-order valence-corrected chi connectivity index (χ1v) is 4.24. The first-order chi connectivity index (χ1) is 5.33. The minimum Gasteiger partial charge on any atom is -1.00 e. The van der Waals surface area contributed by atoms with Gasteiger partial charge in [0.15, 0.2) is 0 Å². The van der Waals surface area contributed by atoms with Gasteiger partial charge in [0.05, 0.1) is 0 Å². The van der Waals surface area contributed by atoms with Gasteiger partial charge in [-0.3, -0.25) is 0 Å². The fraction of sp³-hybridized carbons (Fsp3) is 0.364. The van der Waals surface area contributed by atoms with Crippen LogP contribution in [0.2, 0.25) is 0 Å². The standard InChI is InChI=1S/C11H15.HI.Mg/c1-3-4-7-11-8-5-6-10(2)9-11;;/h5-6,8-9H,2-4,7H2,1H3;1H;/q-1;;+2/p-1. The maximum atomic E-state index is 3.89. The van der Waals surface area contributed by atoms with E-state index in [1.54, 1.807) is 0 Å². The van der Waals surface area contributed by atoms with E-state index in [4.69, 9.17) is 0 Å². The smallest absolute Gasteiger partial charge is 1.00 e. The molecule has 0 nitrogen and oxygen atoms in total. The van der Waals surface area contributed by atoms with Crippen molar-refractivity contribution in [1.29, 1.82) is 0 Å². The maximum absolute atomic E-state index is 3.89. The van der Waals surface area contributed by atoms with Gasteiger partial charge >= 0.3 is 23.1 Å². The normalized spacial score (nSPS) is 8.38. The third-order valence-electron chi connectivity index (χ3n) is 1.81. The van der Waals surface area contributed by atoms with Crippen LogP contribution in [0.4, 0.5) is 0 Å². The minimum absolute atomic E-state index is 0. The summed E-state index contributed by atoms with van der Waals surface area (Å²) in [5.41, 5.74) is 2.54. The number of rotatable bonds is 3. The molecule has 0 N–H and O–H groups in total. The van der Waals surface area contributed by atoms with Gasteiger partial charge < -0.3 is 24.0 Å². The van der Waals surface area contributed by atoms with Crippen molar-refractivity contribution in [2.45, 2.75) is 26.2 Å². The van der Waals surface area contributed by atoms with Crippen molar-refractivity contribution in [2.24, 2.45) is 0 Å². The maximum Gasteiger partial charge on any atom is 2.00 e. The molecular formula is C11H15IMg. The van der Waals surface area contributed by atoms with Crippen molar-refractivity contribution in [3.8, 4) is 0 Å². The molecule has 1 aromatic rings. The monoisotopic (exact) mass is 298 g/mol. The summed E-state index contributed by atoms with van der Waals surface area (Å²) in [5, 5.41) is 0. The molecule has 1 rings (SSSR count). The van der Waals surface area contributed by atoms with Crippen molar-refractivity contribution >= 4 is 23.1 Å². The summed E-state index contributed by atoms with van der Waals surface area (Å²) < 4.78 is 0. The van der Waals surface area contributed by atoms with Gasteiger partial charge in [-0.1, -0.05) is 25.8 Å². The van der Waals surface area contributed by atoms with E-state index in [0.29, 0.717) is 0 Å². The Bertz CT molecular complexity index is 223. The summed E-state index contributed by atoms with van der Waals surface area (Å²) in [6, 6.07) is 8.45. The fourth-order valence-corrected chi connectivity index (χ4v) is 1.17. The van der Waals surface area contributed by atoms with Crippen molar-refractivity contribution in [3.05, 3.63) is 42.3 Å². The van der Waals surface area contributed by atoms with Gasteiger partial charge in [0.25, 0.3) is 0 Å². The van der Waals surface area contributed by atoms with Crippen molar-refractivity contribution < 1.29 is 24.0 Å². The zero-order valence-electron chi connectivity index (χ0n) is 8.22. The topological polar surface area (TPSA) is 0 Å². The second kappa shape index (κ2) is 9.15. The van der Waals surface area contributed by atoms with E-state index >= 15 is 0 Å². The molecule has 0 aromatic heterocycles. The van der Waals surface area contributed by atoms with Crippen LogP contribution in [0.5, 0.6) is 0 Å². The number of benzene rings is 1. The van der Waals surface area contributed by atoms with Crippen LogP contribution in [-0.2, 0) is 6.42 Å². The Morgan fingerprint density at radius 2 is 2.00 bits per heavy atom. The molecule has 13 heavy (non-hydrogen) atoms. The second-order valence-electron chi connectivity index (χ2n) is 2.92. The molecule has 0 spiro atoms. The van der Waals surface area contributed by atoms with Gasteiger partial charge in [-0.2, -0.15) is 24.6 Å². The van der Waals surface area contributed by atoms with Crippen LogP contribution in [0.1, 0.15) is 30.9 Å². The largest absolute Gasteiger partial charge is 2.00 e. The van der Waals surface area contributed by atoms with Crippen LogP contribution >= 0.6 is 0 Å². The average molecular weight is 298 g/mol. The molecule has 0 aliphatic rings. The molecule has 0 fully saturated rings. The van der Waals surface area contributed by atoms with Crippen LogP contribution in [0.3, 0.4) is 0 Å². The number of unbranched alkanes of at least 4 members (excludes halogenated alkanes) is 1. The number of hydrogen-bond donors (Lipinski definition) is 0. The Hall–Kier alpha value is 0.586. The molecule has 2 heteroatoms. The summed E-state index contributed by atoms with van der Waals surface area (Å²) in [6.07, 6.45) is 3.74. The van der Waals surface area contributed by atoms with Gasteiger partial charge in [0.1, 0.15) is 0 Å². The molecule has 0 radical (unpaired) electrons. The summed E-state index contributed by atoms with van der Waals surface area (Å²) in [7, 11) is 0. The molecule has 0 unspecified atom stereocenters. The van der Waals surface area contributed by atoms with E-state index in [1.165, 1.54) is 24.8 Å².